The van der Waals surface area contributed by atoms with Gasteiger partial charge in [-0.1, -0.05) is 42.5 Å². The monoisotopic (exact) mass is 288 g/mol. The van der Waals surface area contributed by atoms with E-state index >= 15 is 0 Å². The number of nitrogens with one attached hydrogen (secondary N) is 1. The highest BCUT2D eigenvalue weighted by atomic mass is 15.3. The van der Waals surface area contributed by atoms with Crippen LogP contribution in [-0.4, -0.2) is 15.7 Å². The molecule has 2 heterocycles. The Morgan fingerprint density at radius 3 is 2.41 bits per heavy atom. The Labute approximate surface area is 129 Å². The number of aryl methyl sites for hydroxylation is 1. The van der Waals surface area contributed by atoms with Crippen molar-refractivity contribution in [1.29, 1.82) is 0 Å². The lowest BCUT2D eigenvalue weighted by Gasteiger charge is -2.07. The van der Waals surface area contributed by atoms with Crippen LogP contribution in [0.5, 0.6) is 0 Å². The maximum absolute atomic E-state index is 4.51. The SMILES string of the molecule is Cc1ccc(N/N=C(/c2ccccc2)c2ccccn2)nc1. The molecule has 4 heteroatoms. The molecule has 1 N–H and O–H groups in total. The van der Waals surface area contributed by atoms with Gasteiger partial charge in [0.2, 0.25) is 0 Å². The predicted molar refractivity (Wildman–Crippen MR) is 88.9 cm³/mol. The Morgan fingerprint density at radius 2 is 1.73 bits per heavy atom. The molecule has 0 aliphatic heterocycles. The molecular formula is C18H16N4. The molecule has 2 aromatic heterocycles. The molecule has 3 aromatic rings. The van der Waals surface area contributed by atoms with Crippen molar-refractivity contribution in [2.45, 2.75) is 6.92 Å². The summed E-state index contributed by atoms with van der Waals surface area (Å²) in [5.41, 5.74) is 6.71. The molecule has 0 aliphatic rings. The van der Waals surface area contributed by atoms with Gasteiger partial charge in [0.1, 0.15) is 11.5 Å². The van der Waals surface area contributed by atoms with Crippen LogP contribution < -0.4 is 5.43 Å². The van der Waals surface area contributed by atoms with Gasteiger partial charge in [0.15, 0.2) is 0 Å². The average Bonchev–Trinajstić information content (AvgIpc) is 2.59. The van der Waals surface area contributed by atoms with E-state index in [1.807, 2.05) is 67.6 Å². The molecule has 3 rings (SSSR count). The highest BCUT2D eigenvalue weighted by molar-refractivity contribution is 6.11. The smallest absolute Gasteiger partial charge is 0.146 e. The van der Waals surface area contributed by atoms with E-state index in [4.69, 9.17) is 0 Å². The molecule has 0 atom stereocenters. The van der Waals surface area contributed by atoms with E-state index in [1.54, 1.807) is 12.4 Å². The number of rotatable bonds is 4. The van der Waals surface area contributed by atoms with Gasteiger partial charge in [-0.2, -0.15) is 5.10 Å². The Hall–Kier alpha value is -3.01. The second-order valence-electron chi connectivity index (χ2n) is 4.87. The largest absolute Gasteiger partial charge is 0.261 e. The summed E-state index contributed by atoms with van der Waals surface area (Å²) >= 11 is 0. The maximum atomic E-state index is 4.51. The summed E-state index contributed by atoms with van der Waals surface area (Å²) in [7, 11) is 0. The first kappa shape index (κ1) is 13.9. The molecule has 4 nitrogen and oxygen atoms in total. The third-order valence-corrected chi connectivity index (χ3v) is 3.15. The number of aromatic nitrogens is 2. The summed E-state index contributed by atoms with van der Waals surface area (Å²) in [5, 5.41) is 4.51. The van der Waals surface area contributed by atoms with Gasteiger partial charge < -0.3 is 0 Å². The van der Waals surface area contributed by atoms with Gasteiger partial charge in [0.05, 0.1) is 5.69 Å². The minimum Gasteiger partial charge on any atom is -0.261 e. The van der Waals surface area contributed by atoms with E-state index in [0.29, 0.717) is 5.82 Å². The lowest BCUT2D eigenvalue weighted by Crippen LogP contribution is -2.08. The minimum absolute atomic E-state index is 0.704. The van der Waals surface area contributed by atoms with Crippen molar-refractivity contribution in [1.82, 2.24) is 9.97 Å². The molecule has 0 saturated heterocycles. The highest BCUT2D eigenvalue weighted by Gasteiger charge is 2.07. The van der Waals surface area contributed by atoms with Gasteiger partial charge >= 0.3 is 0 Å². The average molecular weight is 288 g/mol. The number of pyridine rings is 2. The van der Waals surface area contributed by atoms with Crippen molar-refractivity contribution in [2.75, 3.05) is 5.43 Å². The van der Waals surface area contributed by atoms with Crippen LogP contribution >= 0.6 is 0 Å². The number of anilines is 1. The zero-order valence-corrected chi connectivity index (χ0v) is 12.3. The molecule has 0 fully saturated rings. The van der Waals surface area contributed by atoms with Crippen molar-refractivity contribution in [3.63, 3.8) is 0 Å². The number of hydrogen-bond donors (Lipinski definition) is 1. The van der Waals surface area contributed by atoms with E-state index in [9.17, 15) is 0 Å². The molecule has 0 bridgehead atoms. The molecule has 1 aromatic carbocycles. The first-order valence-electron chi connectivity index (χ1n) is 7.06. The molecule has 0 unspecified atom stereocenters. The quantitative estimate of drug-likeness (QED) is 0.589. The third kappa shape index (κ3) is 3.35. The lowest BCUT2D eigenvalue weighted by molar-refractivity contribution is 1.19. The summed E-state index contributed by atoms with van der Waals surface area (Å²) in [6.45, 7) is 2.00. The van der Waals surface area contributed by atoms with Crippen LogP contribution in [0.4, 0.5) is 5.82 Å². The van der Waals surface area contributed by atoms with E-state index in [-0.39, 0.29) is 0 Å². The molecule has 0 radical (unpaired) electrons. The Kier molecular flexibility index (Phi) is 4.20. The topological polar surface area (TPSA) is 50.2 Å². The Bertz CT molecular complexity index is 709. The van der Waals surface area contributed by atoms with Crippen molar-refractivity contribution in [3.8, 4) is 0 Å². The van der Waals surface area contributed by atoms with Crippen LogP contribution in [0.2, 0.25) is 0 Å². The summed E-state index contributed by atoms with van der Waals surface area (Å²) in [6.07, 6.45) is 3.57. The zero-order chi connectivity index (χ0) is 15.2. The van der Waals surface area contributed by atoms with Crippen LogP contribution in [0.3, 0.4) is 0 Å². The Balaban J connectivity index is 1.95. The van der Waals surface area contributed by atoms with Crippen LogP contribution in [0.1, 0.15) is 16.8 Å². The molecule has 108 valence electrons. The molecule has 0 spiro atoms. The molecule has 22 heavy (non-hydrogen) atoms. The number of nitrogens with zero attached hydrogens (tertiary/aromatic N) is 3. The highest BCUT2D eigenvalue weighted by Crippen LogP contribution is 2.10. The number of hydrogen-bond acceptors (Lipinski definition) is 4. The van der Waals surface area contributed by atoms with Gasteiger partial charge in [-0.05, 0) is 30.7 Å². The maximum Gasteiger partial charge on any atom is 0.146 e. The fraction of sp³-hybridized carbons (Fsp3) is 0.0556. The van der Waals surface area contributed by atoms with Gasteiger partial charge in [0.25, 0.3) is 0 Å². The first-order chi connectivity index (χ1) is 10.8. The number of benzene rings is 1. The van der Waals surface area contributed by atoms with Crippen molar-refractivity contribution >= 4 is 11.5 Å². The van der Waals surface area contributed by atoms with E-state index in [0.717, 1.165) is 22.5 Å². The summed E-state index contributed by atoms with van der Waals surface area (Å²) in [4.78, 5) is 8.69. The fourth-order valence-corrected chi connectivity index (χ4v) is 2.02. The summed E-state index contributed by atoms with van der Waals surface area (Å²) in [6, 6.07) is 19.6. The van der Waals surface area contributed by atoms with Crippen LogP contribution in [0.25, 0.3) is 0 Å². The number of hydrazone groups is 1. The minimum atomic E-state index is 0.704. The predicted octanol–water partition coefficient (Wildman–Crippen LogP) is 3.65. The first-order valence-corrected chi connectivity index (χ1v) is 7.06. The van der Waals surface area contributed by atoms with Crippen molar-refractivity contribution < 1.29 is 0 Å². The van der Waals surface area contributed by atoms with Crippen LogP contribution in [-0.2, 0) is 0 Å². The van der Waals surface area contributed by atoms with Gasteiger partial charge in [-0.15, -0.1) is 0 Å². The Morgan fingerprint density at radius 1 is 0.909 bits per heavy atom. The molecule has 0 amide bonds. The second-order valence-corrected chi connectivity index (χ2v) is 4.87. The zero-order valence-electron chi connectivity index (χ0n) is 12.3. The van der Waals surface area contributed by atoms with E-state index in [1.165, 1.54) is 0 Å². The normalized spacial score (nSPS) is 11.2. The summed E-state index contributed by atoms with van der Waals surface area (Å²) in [5.74, 6) is 0.704. The molecule has 0 aliphatic carbocycles. The van der Waals surface area contributed by atoms with Gasteiger partial charge in [-0.25, -0.2) is 4.98 Å². The van der Waals surface area contributed by atoms with Crippen molar-refractivity contribution in [3.05, 3.63) is 89.9 Å². The van der Waals surface area contributed by atoms with Gasteiger partial charge in [0, 0.05) is 18.0 Å². The molecule has 0 saturated carbocycles. The third-order valence-electron chi connectivity index (χ3n) is 3.15. The second kappa shape index (κ2) is 6.63. The van der Waals surface area contributed by atoms with E-state index < -0.39 is 0 Å². The lowest BCUT2D eigenvalue weighted by atomic mass is 10.1. The van der Waals surface area contributed by atoms with Crippen molar-refractivity contribution in [2.24, 2.45) is 5.10 Å². The standard InChI is InChI=1S/C18H16N4/c1-14-10-11-17(20-13-14)21-22-18(15-7-3-2-4-8-15)16-9-5-6-12-19-16/h2-13H,1H3,(H,20,21)/b22-18-. The molecular weight excluding hydrogens is 272 g/mol. The van der Waals surface area contributed by atoms with Crippen LogP contribution in [0, 0.1) is 6.92 Å². The van der Waals surface area contributed by atoms with Gasteiger partial charge in [-0.3, -0.25) is 10.4 Å². The van der Waals surface area contributed by atoms with E-state index in [2.05, 4.69) is 20.5 Å². The summed E-state index contributed by atoms with van der Waals surface area (Å²) < 4.78 is 0. The van der Waals surface area contributed by atoms with Crippen LogP contribution in [0.15, 0.2) is 78.2 Å². The fourth-order valence-electron chi connectivity index (χ4n) is 2.02.